The van der Waals surface area contributed by atoms with E-state index in [4.69, 9.17) is 0 Å². The van der Waals surface area contributed by atoms with Crippen molar-refractivity contribution in [2.75, 3.05) is 26.2 Å². The van der Waals surface area contributed by atoms with Gasteiger partial charge >= 0.3 is 0 Å². The molecule has 1 aromatic carbocycles. The fourth-order valence-corrected chi connectivity index (χ4v) is 4.81. The van der Waals surface area contributed by atoms with Crippen molar-refractivity contribution >= 4 is 27.3 Å². The number of benzene rings is 1. The van der Waals surface area contributed by atoms with E-state index in [0.29, 0.717) is 12.0 Å². The van der Waals surface area contributed by atoms with Gasteiger partial charge in [-0.2, -0.15) is 0 Å². The molecule has 2 nitrogen and oxygen atoms in total. The van der Waals surface area contributed by atoms with Crippen LogP contribution < -0.4 is 5.32 Å². The molecule has 4 heteroatoms. The number of rotatable bonds is 4. The third-order valence-electron chi connectivity index (χ3n) is 4.52. The van der Waals surface area contributed by atoms with Gasteiger partial charge in [-0.25, -0.2) is 0 Å². The van der Waals surface area contributed by atoms with Crippen LogP contribution in [0, 0.1) is 0 Å². The fraction of sp³-hybridized carbons (Fsp3) is 0.474. The van der Waals surface area contributed by atoms with E-state index in [1.54, 1.807) is 0 Å². The molecule has 3 rings (SSSR count). The van der Waals surface area contributed by atoms with Crippen LogP contribution in [0.5, 0.6) is 0 Å². The Morgan fingerprint density at radius 3 is 2.39 bits per heavy atom. The zero-order valence-corrected chi connectivity index (χ0v) is 16.3. The first-order valence-electron chi connectivity index (χ1n) is 8.45. The third kappa shape index (κ3) is 4.24. The molecule has 1 aliphatic heterocycles. The highest BCUT2D eigenvalue weighted by molar-refractivity contribution is 9.11. The second-order valence-electron chi connectivity index (χ2n) is 6.51. The molecule has 1 N–H and O–H groups in total. The highest BCUT2D eigenvalue weighted by Crippen LogP contribution is 2.36. The number of nitrogens with zero attached hydrogens (tertiary/aromatic N) is 1. The van der Waals surface area contributed by atoms with Gasteiger partial charge < -0.3 is 5.32 Å². The Morgan fingerprint density at radius 1 is 1.00 bits per heavy atom. The Balaban J connectivity index is 1.93. The van der Waals surface area contributed by atoms with Crippen LogP contribution in [0.1, 0.15) is 48.2 Å². The highest BCUT2D eigenvalue weighted by atomic mass is 79.9. The quantitative estimate of drug-likeness (QED) is 0.785. The Labute approximate surface area is 152 Å². The largest absolute Gasteiger partial charge is 0.315 e. The van der Waals surface area contributed by atoms with E-state index >= 15 is 0 Å². The van der Waals surface area contributed by atoms with Gasteiger partial charge in [-0.05, 0) is 58.1 Å². The van der Waals surface area contributed by atoms with Crippen LogP contribution in [-0.4, -0.2) is 31.1 Å². The molecule has 0 spiro atoms. The minimum absolute atomic E-state index is 0.368. The lowest BCUT2D eigenvalue weighted by Gasteiger charge is -2.30. The van der Waals surface area contributed by atoms with E-state index in [1.807, 2.05) is 11.3 Å². The van der Waals surface area contributed by atoms with Crippen molar-refractivity contribution in [3.05, 3.63) is 56.2 Å². The monoisotopic (exact) mass is 392 g/mol. The summed E-state index contributed by atoms with van der Waals surface area (Å²) in [6.45, 7) is 8.97. The molecule has 23 heavy (non-hydrogen) atoms. The van der Waals surface area contributed by atoms with Crippen LogP contribution in [0.3, 0.4) is 0 Å². The van der Waals surface area contributed by atoms with Crippen molar-refractivity contribution in [1.82, 2.24) is 10.2 Å². The maximum absolute atomic E-state index is 3.63. The molecule has 124 valence electrons. The van der Waals surface area contributed by atoms with Crippen molar-refractivity contribution in [2.24, 2.45) is 0 Å². The van der Waals surface area contributed by atoms with Crippen LogP contribution in [0.25, 0.3) is 0 Å². The van der Waals surface area contributed by atoms with Gasteiger partial charge in [-0.1, -0.05) is 38.1 Å². The molecule has 0 amide bonds. The van der Waals surface area contributed by atoms with Gasteiger partial charge in [0, 0.05) is 24.5 Å². The average Bonchev–Trinajstić information content (AvgIpc) is 2.80. The van der Waals surface area contributed by atoms with Gasteiger partial charge in [0.05, 0.1) is 9.83 Å². The minimum Gasteiger partial charge on any atom is -0.315 e. The second-order valence-corrected chi connectivity index (χ2v) is 9.00. The van der Waals surface area contributed by atoms with Crippen LogP contribution in [0.2, 0.25) is 0 Å². The molecule has 2 heterocycles. The summed E-state index contributed by atoms with van der Waals surface area (Å²) in [4.78, 5) is 4.05. The van der Waals surface area contributed by atoms with Gasteiger partial charge in [-0.3, -0.25) is 4.90 Å². The molecule has 0 aliphatic carbocycles. The summed E-state index contributed by atoms with van der Waals surface area (Å²) in [5.41, 5.74) is 2.82. The Hall–Kier alpha value is -0.680. The summed E-state index contributed by atoms with van der Waals surface area (Å²) in [7, 11) is 0. The maximum atomic E-state index is 3.63. The maximum Gasteiger partial charge on any atom is 0.0702 e. The molecule has 2 aromatic rings. The smallest absolute Gasteiger partial charge is 0.0702 e. The van der Waals surface area contributed by atoms with Crippen LogP contribution in [0.4, 0.5) is 0 Å². The molecule has 1 fully saturated rings. The number of nitrogens with one attached hydrogen (secondary N) is 1. The van der Waals surface area contributed by atoms with Gasteiger partial charge in [0.1, 0.15) is 0 Å². The second kappa shape index (κ2) is 7.93. The van der Waals surface area contributed by atoms with E-state index in [9.17, 15) is 0 Å². The molecule has 0 bridgehead atoms. The van der Waals surface area contributed by atoms with Crippen LogP contribution in [-0.2, 0) is 0 Å². The van der Waals surface area contributed by atoms with E-state index in [1.165, 1.54) is 26.2 Å². The predicted molar refractivity (Wildman–Crippen MR) is 103 cm³/mol. The topological polar surface area (TPSA) is 15.3 Å². The Morgan fingerprint density at radius 2 is 1.74 bits per heavy atom. The van der Waals surface area contributed by atoms with Gasteiger partial charge in [-0.15, -0.1) is 11.3 Å². The normalized spacial score (nSPS) is 18.1. The first-order valence-corrected chi connectivity index (χ1v) is 10.1. The van der Waals surface area contributed by atoms with Crippen molar-refractivity contribution < 1.29 is 0 Å². The third-order valence-corrected chi connectivity index (χ3v) is 6.20. The first kappa shape index (κ1) is 17.2. The molecule has 1 unspecified atom stereocenters. The zero-order valence-electron chi connectivity index (χ0n) is 13.9. The van der Waals surface area contributed by atoms with Gasteiger partial charge in [0.25, 0.3) is 0 Å². The lowest BCUT2D eigenvalue weighted by Crippen LogP contribution is -2.32. The van der Waals surface area contributed by atoms with Crippen molar-refractivity contribution in [1.29, 1.82) is 0 Å². The van der Waals surface area contributed by atoms with E-state index < -0.39 is 0 Å². The summed E-state index contributed by atoms with van der Waals surface area (Å²) in [5, 5.41) is 3.52. The summed E-state index contributed by atoms with van der Waals surface area (Å²) in [6, 6.07) is 14.1. The van der Waals surface area contributed by atoms with E-state index in [0.717, 1.165) is 26.2 Å². The van der Waals surface area contributed by atoms with Gasteiger partial charge in [0.2, 0.25) is 0 Å². The Bertz CT molecular complexity index is 613. The molecule has 1 aliphatic rings. The lowest BCUT2D eigenvalue weighted by molar-refractivity contribution is 0.244. The molecular formula is C19H25BrN2S. The molecule has 1 aromatic heterocycles. The fourth-order valence-electron chi connectivity index (χ4n) is 3.22. The number of hydrogen-bond donors (Lipinski definition) is 1. The summed E-state index contributed by atoms with van der Waals surface area (Å²) in [5.74, 6) is 0.584. The Kier molecular flexibility index (Phi) is 5.91. The molecule has 1 saturated heterocycles. The van der Waals surface area contributed by atoms with Gasteiger partial charge in [0.15, 0.2) is 0 Å². The van der Waals surface area contributed by atoms with Crippen LogP contribution >= 0.6 is 27.3 Å². The molecule has 0 saturated carbocycles. The standard InChI is InChI=1S/C19H25BrN2S/c1-14(2)15-4-6-16(7-5-15)19(17-8-9-18(20)23-17)22-12-3-10-21-11-13-22/h4-9,14,19,21H,3,10-13H2,1-2H3. The number of halogens is 1. The van der Waals surface area contributed by atoms with Crippen molar-refractivity contribution in [3.63, 3.8) is 0 Å². The molecule has 0 radical (unpaired) electrons. The first-order chi connectivity index (χ1) is 11.1. The zero-order chi connectivity index (χ0) is 16.2. The number of hydrogen-bond acceptors (Lipinski definition) is 3. The number of thiophene rings is 1. The average molecular weight is 393 g/mol. The summed E-state index contributed by atoms with van der Waals surface area (Å²) >= 11 is 5.49. The van der Waals surface area contributed by atoms with E-state index in [-0.39, 0.29) is 0 Å². The SMILES string of the molecule is CC(C)c1ccc(C(c2ccc(Br)s2)N2CCCNCC2)cc1. The minimum atomic E-state index is 0.368. The van der Waals surface area contributed by atoms with E-state index in [2.05, 4.69) is 76.4 Å². The molecule has 1 atom stereocenters. The predicted octanol–water partition coefficient (Wildman–Crippen LogP) is 5.02. The lowest BCUT2D eigenvalue weighted by atomic mass is 9.97. The summed E-state index contributed by atoms with van der Waals surface area (Å²) in [6.07, 6.45) is 1.22. The van der Waals surface area contributed by atoms with Crippen molar-refractivity contribution in [3.8, 4) is 0 Å². The summed E-state index contributed by atoms with van der Waals surface area (Å²) < 4.78 is 1.21. The van der Waals surface area contributed by atoms with Crippen molar-refractivity contribution in [2.45, 2.75) is 32.2 Å². The van der Waals surface area contributed by atoms with Crippen LogP contribution in [0.15, 0.2) is 40.2 Å². The highest BCUT2D eigenvalue weighted by Gasteiger charge is 2.24. The molecular weight excluding hydrogens is 368 g/mol.